The maximum atomic E-state index is 11.2. The second-order valence-corrected chi connectivity index (χ2v) is 10.5. The molecule has 0 bridgehead atoms. The number of aromatic nitrogens is 2. The number of benzene rings is 2. The quantitative estimate of drug-likeness (QED) is 0.421. The maximum Gasteiger partial charge on any atom is 0.248 e. The van der Waals surface area contributed by atoms with E-state index < -0.39 is 0 Å². The van der Waals surface area contributed by atoms with Crippen LogP contribution in [-0.4, -0.2) is 63.1 Å². The van der Waals surface area contributed by atoms with Gasteiger partial charge >= 0.3 is 0 Å². The fraction of sp³-hybridized carbons (Fsp3) is 0.448. The van der Waals surface area contributed by atoms with E-state index in [-0.39, 0.29) is 11.9 Å². The number of carbonyl (C=O) groups is 1. The van der Waals surface area contributed by atoms with Gasteiger partial charge < -0.3 is 15.8 Å². The van der Waals surface area contributed by atoms with Gasteiger partial charge in [0.05, 0.1) is 6.20 Å². The summed E-state index contributed by atoms with van der Waals surface area (Å²) in [6.07, 6.45) is 9.35. The first kappa shape index (κ1) is 24.7. The lowest BCUT2D eigenvalue weighted by atomic mass is 9.96. The fourth-order valence-corrected chi connectivity index (χ4v) is 5.50. The van der Waals surface area contributed by atoms with E-state index in [2.05, 4.69) is 34.3 Å². The van der Waals surface area contributed by atoms with Crippen molar-refractivity contribution in [2.75, 3.05) is 26.2 Å². The van der Waals surface area contributed by atoms with Crippen molar-refractivity contribution in [2.24, 2.45) is 18.7 Å². The van der Waals surface area contributed by atoms with Gasteiger partial charge in [-0.2, -0.15) is 10.2 Å². The fourth-order valence-electron chi connectivity index (χ4n) is 5.50. The molecule has 1 aliphatic carbocycles. The molecule has 2 heterocycles. The van der Waals surface area contributed by atoms with Crippen LogP contribution >= 0.6 is 0 Å². The van der Waals surface area contributed by atoms with Gasteiger partial charge in [-0.1, -0.05) is 36.4 Å². The van der Waals surface area contributed by atoms with Crippen molar-refractivity contribution in [3.63, 3.8) is 0 Å². The molecule has 1 saturated heterocycles. The van der Waals surface area contributed by atoms with Crippen LogP contribution in [0.15, 0.2) is 60.9 Å². The van der Waals surface area contributed by atoms with Crippen LogP contribution in [0.5, 0.6) is 0 Å². The van der Waals surface area contributed by atoms with Gasteiger partial charge in [-0.25, -0.2) is 0 Å². The number of hydroxylamine groups is 2. The summed E-state index contributed by atoms with van der Waals surface area (Å²) in [6.45, 7) is 4.06. The van der Waals surface area contributed by atoms with Crippen LogP contribution in [0.1, 0.15) is 53.1 Å². The lowest BCUT2D eigenvalue weighted by Crippen LogP contribution is -2.39. The van der Waals surface area contributed by atoms with Gasteiger partial charge in [0.2, 0.25) is 5.91 Å². The van der Waals surface area contributed by atoms with Gasteiger partial charge in [0.25, 0.3) is 0 Å². The molecule has 2 atom stereocenters. The minimum Gasteiger partial charge on any atom is -0.366 e. The van der Waals surface area contributed by atoms with E-state index in [9.17, 15) is 10.0 Å². The minimum atomic E-state index is -0.376. The number of nitrogens with zero attached hydrogens (tertiary/aromatic N) is 4. The number of primary amides is 1. The third kappa shape index (κ3) is 6.03. The summed E-state index contributed by atoms with van der Waals surface area (Å²) in [7, 11) is 1.93. The Balaban J connectivity index is 1.01. The first-order valence-electron chi connectivity index (χ1n) is 13.1. The molecule has 7 heteroatoms. The summed E-state index contributed by atoms with van der Waals surface area (Å²) < 4.78 is 1.82. The topological polar surface area (TPSA) is 87.6 Å². The van der Waals surface area contributed by atoms with Crippen LogP contribution in [0.2, 0.25) is 0 Å². The largest absolute Gasteiger partial charge is 0.366 e. The van der Waals surface area contributed by atoms with Gasteiger partial charge in [-0.3, -0.25) is 9.48 Å². The molecule has 0 radical (unpaired) electrons. The monoisotopic (exact) mass is 487 g/mol. The zero-order valence-electron chi connectivity index (χ0n) is 21.1. The minimum absolute atomic E-state index is 0.244. The number of carbonyl (C=O) groups excluding carboxylic acids is 1. The summed E-state index contributed by atoms with van der Waals surface area (Å²) in [5.74, 6) is 0.607. The Bertz CT molecular complexity index is 1150. The molecule has 7 nitrogen and oxygen atoms in total. The summed E-state index contributed by atoms with van der Waals surface area (Å²) in [5.41, 5.74) is 10.7. The number of rotatable bonds is 10. The van der Waals surface area contributed by atoms with Crippen molar-refractivity contribution >= 4 is 5.91 Å². The molecule has 2 aliphatic rings. The van der Waals surface area contributed by atoms with Gasteiger partial charge in [0, 0.05) is 42.9 Å². The van der Waals surface area contributed by atoms with Crippen molar-refractivity contribution in [3.05, 3.63) is 77.6 Å². The van der Waals surface area contributed by atoms with E-state index in [0.29, 0.717) is 17.4 Å². The molecule has 2 aromatic carbocycles. The number of aryl methyl sites for hydroxylation is 2. The van der Waals surface area contributed by atoms with E-state index in [1.165, 1.54) is 16.7 Å². The molecule has 1 amide bonds. The van der Waals surface area contributed by atoms with E-state index in [4.69, 9.17) is 5.73 Å². The number of hydrogen-bond donors (Lipinski definition) is 2. The van der Waals surface area contributed by atoms with Gasteiger partial charge in [0.15, 0.2) is 0 Å². The third-order valence-electron chi connectivity index (χ3n) is 7.85. The molecule has 5 rings (SSSR count). The Morgan fingerprint density at radius 3 is 2.44 bits per heavy atom. The number of hydrogen-bond acceptors (Lipinski definition) is 5. The van der Waals surface area contributed by atoms with Crippen molar-refractivity contribution in [2.45, 2.75) is 44.1 Å². The number of nitrogens with two attached hydrogens (primary N) is 1. The summed E-state index contributed by atoms with van der Waals surface area (Å²) in [6, 6.07) is 16.6. The summed E-state index contributed by atoms with van der Waals surface area (Å²) >= 11 is 0. The summed E-state index contributed by atoms with van der Waals surface area (Å²) in [4.78, 5) is 13.7. The Hall–Kier alpha value is -3.00. The molecule has 1 aliphatic heterocycles. The first-order valence-corrected chi connectivity index (χ1v) is 13.1. The van der Waals surface area contributed by atoms with Gasteiger partial charge in [-0.15, -0.1) is 0 Å². The standard InChI is InChI=1S/C29H37N5O2/c1-32-20-26(18-31-32)23-8-10-24(11-9-23)27-17-28(27)34(36)19-22-12-15-33(16-13-22)14-2-3-21-4-6-25(7-5-21)29(30)35/h4-11,18,20,22,27-28,36H,2-3,12-17,19H2,1H3,(H2,30,35). The molecule has 2 fully saturated rings. The molecule has 1 saturated carbocycles. The van der Waals surface area contributed by atoms with E-state index >= 15 is 0 Å². The number of likely N-dealkylation sites (tertiary alicyclic amines) is 1. The molecular weight excluding hydrogens is 450 g/mol. The van der Waals surface area contributed by atoms with Crippen LogP contribution < -0.4 is 5.73 Å². The second kappa shape index (κ2) is 10.9. The van der Waals surface area contributed by atoms with Gasteiger partial charge in [-0.05, 0) is 86.5 Å². The average Bonchev–Trinajstić information content (AvgIpc) is 3.58. The molecular formula is C29H37N5O2. The Labute approximate surface area is 213 Å². The third-order valence-corrected chi connectivity index (χ3v) is 7.85. The number of amides is 1. The normalized spacial score (nSPS) is 20.6. The average molecular weight is 488 g/mol. The van der Waals surface area contributed by atoms with E-state index in [0.717, 1.165) is 63.8 Å². The zero-order chi connectivity index (χ0) is 25.1. The molecule has 3 N–H and O–H groups in total. The Kier molecular flexibility index (Phi) is 7.51. The highest BCUT2D eigenvalue weighted by molar-refractivity contribution is 5.92. The lowest BCUT2D eigenvalue weighted by Gasteiger charge is -2.33. The molecule has 3 aromatic rings. The van der Waals surface area contributed by atoms with Gasteiger partial charge in [0.1, 0.15) is 0 Å². The van der Waals surface area contributed by atoms with Crippen molar-refractivity contribution in [1.29, 1.82) is 0 Å². The van der Waals surface area contributed by atoms with Crippen molar-refractivity contribution in [1.82, 2.24) is 19.7 Å². The molecule has 2 unspecified atom stereocenters. The van der Waals surface area contributed by atoms with Crippen LogP contribution in [0.3, 0.4) is 0 Å². The second-order valence-electron chi connectivity index (χ2n) is 10.5. The number of piperidine rings is 1. The maximum absolute atomic E-state index is 11.2. The predicted octanol–water partition coefficient (Wildman–Crippen LogP) is 4.08. The van der Waals surface area contributed by atoms with Crippen LogP contribution in [0, 0.1) is 5.92 Å². The molecule has 1 aromatic heterocycles. The molecule has 190 valence electrons. The first-order chi connectivity index (χ1) is 17.5. The van der Waals surface area contributed by atoms with E-state index in [1.807, 2.05) is 48.4 Å². The summed E-state index contributed by atoms with van der Waals surface area (Å²) in [5, 5.41) is 16.6. The van der Waals surface area contributed by atoms with Crippen LogP contribution in [-0.2, 0) is 13.5 Å². The van der Waals surface area contributed by atoms with E-state index in [1.54, 1.807) is 5.06 Å². The van der Waals surface area contributed by atoms with Crippen molar-refractivity contribution in [3.8, 4) is 11.1 Å². The highest BCUT2D eigenvalue weighted by Crippen LogP contribution is 2.45. The highest BCUT2D eigenvalue weighted by Gasteiger charge is 2.43. The zero-order valence-corrected chi connectivity index (χ0v) is 21.1. The van der Waals surface area contributed by atoms with Crippen molar-refractivity contribution < 1.29 is 10.0 Å². The van der Waals surface area contributed by atoms with Crippen LogP contribution in [0.4, 0.5) is 0 Å². The van der Waals surface area contributed by atoms with Crippen LogP contribution in [0.25, 0.3) is 11.1 Å². The highest BCUT2D eigenvalue weighted by atomic mass is 16.5. The Morgan fingerprint density at radius 2 is 1.81 bits per heavy atom. The SMILES string of the molecule is Cn1cc(-c2ccc(C3CC3N(O)CC3CCN(CCCc4ccc(C(N)=O)cc4)CC3)cc2)cn1. The lowest BCUT2D eigenvalue weighted by molar-refractivity contribution is -0.115. The Morgan fingerprint density at radius 1 is 1.08 bits per heavy atom. The smallest absolute Gasteiger partial charge is 0.248 e. The molecule has 0 spiro atoms. The molecule has 36 heavy (non-hydrogen) atoms. The predicted molar refractivity (Wildman–Crippen MR) is 141 cm³/mol.